The van der Waals surface area contributed by atoms with E-state index in [9.17, 15) is 10.1 Å². The van der Waals surface area contributed by atoms with Crippen LogP contribution in [0.15, 0.2) is 24.3 Å². The van der Waals surface area contributed by atoms with Gasteiger partial charge in [-0.1, -0.05) is 24.3 Å². The van der Waals surface area contributed by atoms with Crippen molar-refractivity contribution >= 4 is 23.2 Å². The van der Waals surface area contributed by atoms with Gasteiger partial charge in [-0.05, 0) is 67.1 Å². The Morgan fingerprint density at radius 1 is 0.846 bits per heavy atom. The van der Waals surface area contributed by atoms with Gasteiger partial charge in [0.05, 0.1) is 16.3 Å². The molecule has 6 rings (SSSR count). The largest absolute Gasteiger partial charge is 0.704 e. The second kappa shape index (κ2) is 5.48. The molecule has 26 heavy (non-hydrogen) atoms. The lowest BCUT2D eigenvalue weighted by Crippen LogP contribution is -2.55. The van der Waals surface area contributed by atoms with Crippen LogP contribution in [0.4, 0.5) is 0 Å². The fraction of sp³-hybridized carbons (Fsp3) is 0.800. The first-order chi connectivity index (χ1) is 12.6. The number of hydroxylamine groups is 1. The van der Waals surface area contributed by atoms with Crippen molar-refractivity contribution in [1.29, 1.82) is 0 Å². The Bertz CT molecular complexity index is 712. The highest BCUT2D eigenvalue weighted by Crippen LogP contribution is 2.61. The van der Waals surface area contributed by atoms with Gasteiger partial charge in [0.2, 0.25) is 0 Å². The van der Waals surface area contributed by atoms with Crippen molar-refractivity contribution in [3.63, 3.8) is 0 Å². The Morgan fingerprint density at radius 3 is 2.12 bits per heavy atom. The molecule has 0 spiro atoms. The molecule has 6 aliphatic rings. The van der Waals surface area contributed by atoms with Gasteiger partial charge in [0, 0.05) is 5.92 Å². The van der Waals surface area contributed by atoms with E-state index in [0.29, 0.717) is 45.5 Å². The molecule has 0 N–H and O–H groups in total. The minimum atomic E-state index is -0.402. The van der Waals surface area contributed by atoms with E-state index in [2.05, 4.69) is 24.3 Å². The molecule has 0 aromatic rings. The zero-order chi connectivity index (χ0) is 17.7. The van der Waals surface area contributed by atoms with Crippen LogP contribution in [-0.2, 0) is 0 Å². The van der Waals surface area contributed by atoms with Crippen LogP contribution in [-0.4, -0.2) is 32.9 Å². The number of fused-ring (bicyclic) bond motifs is 10. The third-order valence-corrected chi connectivity index (χ3v) is 9.92. The van der Waals surface area contributed by atoms with Crippen LogP contribution in [0, 0.1) is 57.5 Å². The van der Waals surface area contributed by atoms with Crippen LogP contribution < -0.4 is 0 Å². The van der Waals surface area contributed by atoms with Gasteiger partial charge in [0.15, 0.2) is 0 Å². The molecular formula is C20H24Cl2N2O2. The Labute approximate surface area is 163 Å². The average Bonchev–Trinajstić information content (AvgIpc) is 3.38. The molecule has 0 aromatic carbocycles. The number of halogens is 2. The first kappa shape index (κ1) is 16.4. The molecule has 0 unspecified atom stereocenters. The van der Waals surface area contributed by atoms with Crippen molar-refractivity contribution in [2.75, 3.05) is 0 Å². The highest BCUT2D eigenvalue weighted by atomic mass is 35.5. The summed E-state index contributed by atoms with van der Waals surface area (Å²) in [4.78, 5) is 13.9. The predicted molar refractivity (Wildman–Crippen MR) is 100 cm³/mol. The van der Waals surface area contributed by atoms with Gasteiger partial charge in [0.1, 0.15) is 10.2 Å². The minimum Gasteiger partial charge on any atom is -0.704 e. The molecule has 4 fully saturated rings. The average molecular weight is 395 g/mol. The van der Waals surface area contributed by atoms with Crippen LogP contribution in [0.1, 0.15) is 25.7 Å². The number of alkyl halides is 2. The molecule has 0 radical (unpaired) electrons. The first-order valence-electron chi connectivity index (χ1n) is 10.1. The summed E-state index contributed by atoms with van der Waals surface area (Å²) in [6.45, 7) is 0. The molecule has 4 nitrogen and oxygen atoms in total. The standard InChI is InChI=1S/C20H24Cl2N2O2/c21-17-13-7-15(11-5-1-3-9(11)13)19(17)23(25)24(26)20-16-8-14(18(20)22)10-4-2-6-12(10)16/h1-2,5-6,9-20H,3-4,7-8H2/t9-,10+,11-,12-,13+,14-,15+,16-,17-,18+,19+,20-/m0/s1. The van der Waals surface area contributed by atoms with Gasteiger partial charge in [-0.25, -0.2) is 0 Å². The van der Waals surface area contributed by atoms with Crippen molar-refractivity contribution in [2.45, 2.75) is 48.5 Å². The molecule has 0 aromatic heterocycles. The Kier molecular flexibility index (Phi) is 3.46. The first-order valence-corrected chi connectivity index (χ1v) is 11.0. The summed E-state index contributed by atoms with van der Waals surface area (Å²) in [5.74, 6) is 3.19. The number of hydrogen-bond donors (Lipinski definition) is 0. The van der Waals surface area contributed by atoms with E-state index in [4.69, 9.17) is 23.2 Å². The maximum absolute atomic E-state index is 13.2. The van der Waals surface area contributed by atoms with Crippen LogP contribution in [0.3, 0.4) is 0 Å². The van der Waals surface area contributed by atoms with E-state index in [0.717, 1.165) is 25.7 Å². The van der Waals surface area contributed by atoms with Crippen LogP contribution in [0.2, 0.25) is 0 Å². The molecule has 4 saturated carbocycles. The number of allylic oxidation sites excluding steroid dienone is 4. The summed E-state index contributed by atoms with van der Waals surface area (Å²) in [6.07, 6.45) is 13.1. The Hall–Kier alpha value is -0.580. The smallest absolute Gasteiger partial charge is 0.253 e. The number of nitroso groups, excluding NO2 is 1. The molecule has 0 heterocycles. The molecule has 6 aliphatic carbocycles. The quantitative estimate of drug-likeness (QED) is 0.313. The zero-order valence-electron chi connectivity index (χ0n) is 14.5. The number of rotatable bonds is 3. The van der Waals surface area contributed by atoms with Gasteiger partial charge >= 0.3 is 0 Å². The topological polar surface area (TPSA) is 46.4 Å². The molecule has 0 amide bonds. The molecule has 6 heteroatoms. The third kappa shape index (κ3) is 1.87. The highest BCUT2D eigenvalue weighted by Gasteiger charge is 2.66. The van der Waals surface area contributed by atoms with E-state index in [1.807, 2.05) is 0 Å². The summed E-state index contributed by atoms with van der Waals surface area (Å²) < 4.78 is 0. The zero-order valence-corrected chi connectivity index (χ0v) is 16.0. The van der Waals surface area contributed by atoms with Crippen molar-refractivity contribution in [3.05, 3.63) is 34.4 Å². The molecule has 12 atom stereocenters. The summed E-state index contributed by atoms with van der Waals surface area (Å²) in [5, 5.41) is 13.4. The predicted octanol–water partition coefficient (Wildman–Crippen LogP) is 4.12. The number of hydrazine groups is 1. The lowest BCUT2D eigenvalue weighted by atomic mass is 9.78. The van der Waals surface area contributed by atoms with Crippen molar-refractivity contribution in [2.24, 2.45) is 47.3 Å². The fourth-order valence-electron chi connectivity index (χ4n) is 7.80. The number of nitrogens with zero attached hydrogens (tertiary/aromatic N) is 2. The summed E-state index contributed by atoms with van der Waals surface area (Å²) in [5.41, 5.74) is 0. The molecule has 0 aliphatic heterocycles. The second-order valence-electron chi connectivity index (χ2n) is 9.41. The molecule has 140 valence electrons. The van der Waals surface area contributed by atoms with Crippen LogP contribution >= 0.6 is 23.2 Å². The highest BCUT2D eigenvalue weighted by molar-refractivity contribution is 6.22. The van der Waals surface area contributed by atoms with Gasteiger partial charge < -0.3 is 5.21 Å². The van der Waals surface area contributed by atoms with Crippen LogP contribution in [0.5, 0.6) is 0 Å². The monoisotopic (exact) mass is 394 g/mol. The van der Waals surface area contributed by atoms with Crippen molar-refractivity contribution in [3.8, 4) is 0 Å². The van der Waals surface area contributed by atoms with Gasteiger partial charge in [-0.2, -0.15) is 5.17 Å². The summed E-state index contributed by atoms with van der Waals surface area (Å²) >= 11 is 13.4. The second-order valence-corrected chi connectivity index (χ2v) is 10.4. The normalized spacial score (nSPS) is 57.8. The van der Waals surface area contributed by atoms with E-state index in [1.54, 1.807) is 0 Å². The maximum atomic E-state index is 13.2. The van der Waals surface area contributed by atoms with E-state index in [-0.39, 0.29) is 22.6 Å². The molecular weight excluding hydrogens is 371 g/mol. The lowest BCUT2D eigenvalue weighted by molar-refractivity contribution is -0.735. The Balaban J connectivity index is 1.25. The van der Waals surface area contributed by atoms with Gasteiger partial charge in [-0.3, -0.25) is 0 Å². The minimum absolute atomic E-state index is 0.215. The van der Waals surface area contributed by atoms with E-state index < -0.39 is 12.1 Å². The third-order valence-electron chi connectivity index (χ3n) is 8.75. The maximum Gasteiger partial charge on any atom is 0.253 e. The fourth-order valence-corrected chi connectivity index (χ4v) is 8.94. The van der Waals surface area contributed by atoms with E-state index in [1.165, 1.54) is 0 Å². The van der Waals surface area contributed by atoms with Crippen molar-refractivity contribution < 1.29 is 4.87 Å². The Morgan fingerprint density at radius 2 is 1.42 bits per heavy atom. The summed E-state index contributed by atoms with van der Waals surface area (Å²) in [6, 6.07) is -0.804. The van der Waals surface area contributed by atoms with E-state index >= 15 is 0 Å². The van der Waals surface area contributed by atoms with Crippen LogP contribution in [0.25, 0.3) is 0 Å². The molecule has 4 bridgehead atoms. The van der Waals surface area contributed by atoms with Gasteiger partial charge in [0.25, 0.3) is 6.04 Å². The molecule has 0 saturated heterocycles. The number of hydrogen-bond acceptors (Lipinski definition) is 2. The SMILES string of the molecule is O=[N+]([C@H]1[C@@H](Cl)[C@@H]2C[C@@H]1[C@H]1C=CC[C@@H]12)N([O-])[C@@H]1[C@H](Cl)[C@H]2C[C@H]1[C@H]1C=CC[C@H]12. The van der Waals surface area contributed by atoms with Gasteiger partial charge in [-0.15, -0.1) is 23.2 Å². The summed E-state index contributed by atoms with van der Waals surface area (Å²) in [7, 11) is 0. The van der Waals surface area contributed by atoms with Crippen molar-refractivity contribution in [1.82, 2.24) is 5.17 Å². The lowest BCUT2D eigenvalue weighted by Gasteiger charge is -2.41.